The fourth-order valence-corrected chi connectivity index (χ4v) is 4.18. The predicted octanol–water partition coefficient (Wildman–Crippen LogP) is 2.34. The van der Waals surface area contributed by atoms with Crippen molar-refractivity contribution in [1.82, 2.24) is 15.6 Å². The Labute approximate surface area is 233 Å². The lowest BCUT2D eigenvalue weighted by Gasteiger charge is -2.30. The summed E-state index contributed by atoms with van der Waals surface area (Å²) >= 11 is 0. The molecule has 41 heavy (non-hydrogen) atoms. The van der Waals surface area contributed by atoms with Crippen LogP contribution in [0.25, 0.3) is 0 Å². The van der Waals surface area contributed by atoms with E-state index in [1.807, 2.05) is 0 Å². The summed E-state index contributed by atoms with van der Waals surface area (Å²) in [6, 6.07) is 8.75. The predicted molar refractivity (Wildman–Crippen MR) is 140 cm³/mol. The van der Waals surface area contributed by atoms with Gasteiger partial charge in [-0.05, 0) is 32.9 Å². The number of esters is 2. The fraction of sp³-hybridized carbons (Fsp3) is 0.308. The first-order valence-electron chi connectivity index (χ1n) is 12.3. The summed E-state index contributed by atoms with van der Waals surface area (Å²) in [6.07, 6.45) is 1.79. The number of allylic oxidation sites excluding steroid dienone is 2. The highest BCUT2D eigenvalue weighted by molar-refractivity contribution is 6.00. The molecule has 2 N–H and O–H groups in total. The normalized spacial score (nSPS) is 15.3. The maximum atomic E-state index is 13.4. The second-order valence-corrected chi connectivity index (χ2v) is 8.82. The van der Waals surface area contributed by atoms with E-state index >= 15 is 0 Å². The number of nitro benzene ring substituents is 1. The Morgan fingerprint density at radius 2 is 1.68 bits per heavy atom. The third-order valence-corrected chi connectivity index (χ3v) is 5.90. The topological polar surface area (TPSA) is 202 Å². The van der Waals surface area contributed by atoms with Gasteiger partial charge in [-0.3, -0.25) is 19.9 Å². The van der Waals surface area contributed by atoms with Crippen LogP contribution in [0.3, 0.4) is 0 Å². The number of para-hydroxylation sites is 1. The molecule has 2 unspecified atom stereocenters. The van der Waals surface area contributed by atoms with Crippen molar-refractivity contribution < 1.29 is 38.7 Å². The second-order valence-electron chi connectivity index (χ2n) is 8.82. The number of carbonyl (C=O) groups excluding carboxylic acids is 3. The number of dihydropyridines is 1. The molecule has 0 bridgehead atoms. The molecule has 15 nitrogen and oxygen atoms in total. The van der Waals surface area contributed by atoms with Gasteiger partial charge in [0.25, 0.3) is 16.7 Å². The zero-order valence-corrected chi connectivity index (χ0v) is 22.3. The lowest BCUT2D eigenvalue weighted by atomic mass is 9.79. The highest BCUT2D eigenvalue weighted by Crippen LogP contribution is 2.42. The highest BCUT2D eigenvalue weighted by atomic mass is 17.0. The molecule has 216 valence electrons. The van der Waals surface area contributed by atoms with Crippen LogP contribution in [0.5, 0.6) is 0 Å². The molecule has 15 heteroatoms. The van der Waals surface area contributed by atoms with Crippen molar-refractivity contribution >= 4 is 23.5 Å². The monoisotopic (exact) mass is 569 g/mol. The molecule has 0 aliphatic carbocycles. The van der Waals surface area contributed by atoms with Gasteiger partial charge in [-0.15, -0.1) is 10.1 Å². The molecule has 1 aliphatic heterocycles. The Morgan fingerprint density at radius 3 is 2.29 bits per heavy atom. The van der Waals surface area contributed by atoms with Gasteiger partial charge in [0.1, 0.15) is 19.3 Å². The third kappa shape index (κ3) is 7.62. The summed E-state index contributed by atoms with van der Waals surface area (Å²) in [5.41, 5.74) is 0.281. The van der Waals surface area contributed by atoms with Crippen LogP contribution in [0, 0.1) is 20.2 Å². The van der Waals surface area contributed by atoms with Gasteiger partial charge in [-0.1, -0.05) is 18.2 Å². The Bertz CT molecular complexity index is 1410. The average Bonchev–Trinajstić information content (AvgIpc) is 2.93. The van der Waals surface area contributed by atoms with E-state index in [0.29, 0.717) is 5.56 Å². The quantitative estimate of drug-likeness (QED) is 0.164. The van der Waals surface area contributed by atoms with Gasteiger partial charge >= 0.3 is 11.9 Å². The zero-order chi connectivity index (χ0) is 30.1. The number of ether oxygens (including phenoxy) is 2. The smallest absolute Gasteiger partial charge is 0.336 e. The van der Waals surface area contributed by atoms with Crippen molar-refractivity contribution in [2.24, 2.45) is 0 Å². The molecule has 2 atom stereocenters. The van der Waals surface area contributed by atoms with Crippen molar-refractivity contribution in [1.29, 1.82) is 0 Å². The number of carbonyl (C=O) groups is 3. The maximum absolute atomic E-state index is 13.4. The minimum absolute atomic E-state index is 0.0241. The number of hydrogen-bond acceptors (Lipinski definition) is 12. The lowest BCUT2D eigenvalue weighted by molar-refractivity contribution is -0.767. The van der Waals surface area contributed by atoms with Crippen LogP contribution in [0.2, 0.25) is 0 Å². The molecule has 1 aliphatic rings. The number of nitrogens with zero attached hydrogens (tertiary/aromatic N) is 3. The Hall–Kier alpha value is -5.34. The standard InChI is InChI=1S/C26H27N5O10/c1-15(41-31(37)38)14-40-26(34)22-17(3)29-16(2)21(23(22)19-8-4-5-9-20(19)30(35)36)25(33)39-12-11-28-24(32)18-7-6-10-27-13-18/h4-10,13,15,23,29H,11-12,14H2,1-3H3,(H,28,32). The number of nitrogens with one attached hydrogen (secondary N) is 2. The van der Waals surface area contributed by atoms with E-state index in [2.05, 4.69) is 20.5 Å². The summed E-state index contributed by atoms with van der Waals surface area (Å²) in [6.45, 7) is 3.59. The first-order valence-corrected chi connectivity index (χ1v) is 12.3. The Morgan fingerprint density at radius 1 is 1.02 bits per heavy atom. The van der Waals surface area contributed by atoms with Crippen molar-refractivity contribution in [3.63, 3.8) is 0 Å². The van der Waals surface area contributed by atoms with Gasteiger partial charge in [-0.25, -0.2) is 9.59 Å². The number of aromatic nitrogens is 1. The summed E-state index contributed by atoms with van der Waals surface area (Å²) in [7, 11) is 0. The Balaban J connectivity index is 1.87. The molecule has 0 saturated heterocycles. The molecule has 1 aromatic heterocycles. The highest BCUT2D eigenvalue weighted by Gasteiger charge is 2.41. The summed E-state index contributed by atoms with van der Waals surface area (Å²) in [4.78, 5) is 68.9. The van der Waals surface area contributed by atoms with Crippen molar-refractivity contribution in [3.8, 4) is 0 Å². The summed E-state index contributed by atoms with van der Waals surface area (Å²) in [5.74, 6) is -3.58. The lowest BCUT2D eigenvalue weighted by Crippen LogP contribution is -2.34. The molecule has 1 aromatic carbocycles. The van der Waals surface area contributed by atoms with Crippen LogP contribution in [0.15, 0.2) is 71.3 Å². The number of hydrogen-bond donors (Lipinski definition) is 2. The van der Waals surface area contributed by atoms with Crippen LogP contribution >= 0.6 is 0 Å². The van der Waals surface area contributed by atoms with Crippen LogP contribution in [0.4, 0.5) is 5.69 Å². The number of amides is 1. The van der Waals surface area contributed by atoms with E-state index in [0.717, 1.165) is 0 Å². The first-order chi connectivity index (χ1) is 19.5. The van der Waals surface area contributed by atoms with Crippen LogP contribution in [-0.4, -0.2) is 58.7 Å². The molecule has 0 fully saturated rings. The van der Waals surface area contributed by atoms with Crippen molar-refractivity contribution in [2.75, 3.05) is 19.8 Å². The van der Waals surface area contributed by atoms with Crippen LogP contribution in [0.1, 0.15) is 42.6 Å². The molecule has 2 aromatic rings. The summed E-state index contributed by atoms with van der Waals surface area (Å²) < 4.78 is 10.6. The molecule has 1 amide bonds. The Kier molecular flexibility index (Phi) is 10.0. The minimum Gasteiger partial charge on any atom is -0.460 e. The number of rotatable bonds is 12. The number of pyridine rings is 1. The van der Waals surface area contributed by atoms with Crippen LogP contribution in [-0.2, 0) is 23.9 Å². The van der Waals surface area contributed by atoms with E-state index in [9.17, 15) is 34.6 Å². The van der Waals surface area contributed by atoms with E-state index in [-0.39, 0.29) is 46.9 Å². The van der Waals surface area contributed by atoms with Gasteiger partial charge in [0.05, 0.1) is 34.1 Å². The molecule has 2 heterocycles. The van der Waals surface area contributed by atoms with Gasteiger partial charge in [0.2, 0.25) is 0 Å². The van der Waals surface area contributed by atoms with E-state index in [1.165, 1.54) is 50.5 Å². The fourth-order valence-electron chi connectivity index (χ4n) is 4.18. The van der Waals surface area contributed by atoms with Gasteiger partial charge in [-0.2, -0.15) is 0 Å². The first kappa shape index (κ1) is 30.2. The zero-order valence-electron chi connectivity index (χ0n) is 22.3. The number of nitro groups is 1. The van der Waals surface area contributed by atoms with Crippen LogP contribution < -0.4 is 10.6 Å². The maximum Gasteiger partial charge on any atom is 0.336 e. The van der Waals surface area contributed by atoms with E-state index < -0.39 is 46.5 Å². The van der Waals surface area contributed by atoms with Crippen molar-refractivity contribution in [2.45, 2.75) is 32.8 Å². The minimum atomic E-state index is -1.28. The molecular weight excluding hydrogens is 542 g/mol. The SMILES string of the molecule is CC1=C(C(=O)OCCNC(=O)c2cccnc2)C(c2ccccc2[N+](=O)[O-])C(C(=O)OCC(C)O[N+](=O)[O-])=C(C)N1. The van der Waals surface area contributed by atoms with Gasteiger partial charge in [0, 0.05) is 35.4 Å². The van der Waals surface area contributed by atoms with E-state index in [4.69, 9.17) is 9.47 Å². The number of benzene rings is 1. The molecule has 0 spiro atoms. The average molecular weight is 570 g/mol. The van der Waals surface area contributed by atoms with Gasteiger partial charge in [0.15, 0.2) is 0 Å². The van der Waals surface area contributed by atoms with Crippen molar-refractivity contribution in [3.05, 3.63) is 103 Å². The molecule has 0 saturated carbocycles. The third-order valence-electron chi connectivity index (χ3n) is 5.90. The second kappa shape index (κ2) is 13.6. The summed E-state index contributed by atoms with van der Waals surface area (Å²) in [5, 5.41) is 27.0. The molecular formula is C26H27N5O10. The van der Waals surface area contributed by atoms with E-state index in [1.54, 1.807) is 19.1 Å². The molecule has 3 rings (SSSR count). The molecule has 0 radical (unpaired) electrons. The largest absolute Gasteiger partial charge is 0.460 e. The van der Waals surface area contributed by atoms with Gasteiger partial charge < -0.3 is 24.9 Å².